The van der Waals surface area contributed by atoms with Crippen molar-refractivity contribution in [1.29, 1.82) is 0 Å². The molecular formula is C11H17FN2O3S. The molecule has 7 heteroatoms. The minimum Gasteiger partial charge on any atom is -0.399 e. The zero-order valence-electron chi connectivity index (χ0n) is 10.4. The minimum atomic E-state index is -3.90. The first-order valence-corrected chi connectivity index (χ1v) is 7.00. The predicted molar refractivity (Wildman–Crippen MR) is 67.2 cm³/mol. The first-order valence-electron chi connectivity index (χ1n) is 5.51. The van der Waals surface area contributed by atoms with Crippen molar-refractivity contribution in [2.75, 3.05) is 25.5 Å². The summed E-state index contributed by atoms with van der Waals surface area (Å²) in [5.74, 6) is -0.784. The van der Waals surface area contributed by atoms with Crippen molar-refractivity contribution >= 4 is 15.7 Å². The van der Waals surface area contributed by atoms with Crippen LogP contribution in [0.5, 0.6) is 0 Å². The number of halogens is 1. The van der Waals surface area contributed by atoms with Crippen LogP contribution in [0.4, 0.5) is 10.1 Å². The van der Waals surface area contributed by atoms with Crippen molar-refractivity contribution < 1.29 is 17.5 Å². The van der Waals surface area contributed by atoms with Crippen LogP contribution < -0.4 is 10.5 Å². The van der Waals surface area contributed by atoms with Gasteiger partial charge in [0, 0.05) is 18.8 Å². The van der Waals surface area contributed by atoms with Crippen molar-refractivity contribution in [2.24, 2.45) is 0 Å². The Morgan fingerprint density at radius 1 is 1.44 bits per heavy atom. The second kappa shape index (κ2) is 6.12. The number of nitrogens with two attached hydrogens (primary N) is 1. The van der Waals surface area contributed by atoms with Gasteiger partial charge in [0.05, 0.1) is 6.61 Å². The first-order chi connectivity index (χ1) is 8.38. The van der Waals surface area contributed by atoms with Crippen LogP contribution in [0.15, 0.2) is 17.0 Å². The molecule has 102 valence electrons. The lowest BCUT2D eigenvalue weighted by molar-refractivity contribution is 0.153. The van der Waals surface area contributed by atoms with Crippen LogP contribution in [0, 0.1) is 12.7 Å². The van der Waals surface area contributed by atoms with E-state index >= 15 is 0 Å². The number of benzene rings is 1. The number of hydrogen-bond donors (Lipinski definition) is 2. The van der Waals surface area contributed by atoms with Gasteiger partial charge in [-0.15, -0.1) is 0 Å². The molecule has 1 aromatic rings. The molecule has 0 atom stereocenters. The third-order valence-corrected chi connectivity index (χ3v) is 3.74. The van der Waals surface area contributed by atoms with Crippen LogP contribution in [0.2, 0.25) is 0 Å². The normalized spacial score (nSPS) is 11.7. The average molecular weight is 276 g/mol. The molecular weight excluding hydrogens is 259 g/mol. The maximum Gasteiger partial charge on any atom is 0.243 e. The molecule has 0 heterocycles. The summed E-state index contributed by atoms with van der Waals surface area (Å²) in [7, 11) is -3.90. The zero-order valence-corrected chi connectivity index (χ0v) is 11.2. The maximum absolute atomic E-state index is 13.7. The van der Waals surface area contributed by atoms with E-state index < -0.39 is 20.7 Å². The molecule has 5 nitrogen and oxygen atoms in total. The van der Waals surface area contributed by atoms with E-state index in [1.54, 1.807) is 6.92 Å². The Kier molecular flexibility index (Phi) is 5.06. The van der Waals surface area contributed by atoms with E-state index in [9.17, 15) is 12.8 Å². The Morgan fingerprint density at radius 2 is 2.11 bits per heavy atom. The fourth-order valence-corrected chi connectivity index (χ4v) is 2.63. The Bertz CT molecular complexity index is 517. The molecule has 0 aromatic heterocycles. The molecule has 0 saturated carbocycles. The Balaban J connectivity index is 2.91. The number of rotatable bonds is 6. The molecule has 0 bridgehead atoms. The van der Waals surface area contributed by atoms with E-state index in [4.69, 9.17) is 10.5 Å². The van der Waals surface area contributed by atoms with E-state index in [0.717, 1.165) is 6.07 Å². The molecule has 0 radical (unpaired) electrons. The van der Waals surface area contributed by atoms with Gasteiger partial charge in [0.2, 0.25) is 10.0 Å². The molecule has 0 aliphatic rings. The molecule has 1 rings (SSSR count). The second-order valence-electron chi connectivity index (χ2n) is 3.74. The van der Waals surface area contributed by atoms with Crippen molar-refractivity contribution in [3.63, 3.8) is 0 Å². The van der Waals surface area contributed by atoms with Crippen LogP contribution in [0.3, 0.4) is 0 Å². The van der Waals surface area contributed by atoms with Gasteiger partial charge in [-0.25, -0.2) is 17.5 Å². The fraction of sp³-hybridized carbons (Fsp3) is 0.455. The highest BCUT2D eigenvalue weighted by molar-refractivity contribution is 7.89. The number of ether oxygens (including phenoxy) is 1. The quantitative estimate of drug-likeness (QED) is 0.600. The number of nitrogens with one attached hydrogen (secondary N) is 1. The maximum atomic E-state index is 13.7. The highest BCUT2D eigenvalue weighted by Gasteiger charge is 2.20. The zero-order chi connectivity index (χ0) is 13.8. The summed E-state index contributed by atoms with van der Waals surface area (Å²) in [4.78, 5) is -0.434. The van der Waals surface area contributed by atoms with Crippen LogP contribution in [0.1, 0.15) is 12.5 Å². The highest BCUT2D eigenvalue weighted by atomic mass is 32.2. The van der Waals surface area contributed by atoms with Gasteiger partial charge in [0.25, 0.3) is 0 Å². The van der Waals surface area contributed by atoms with Crippen molar-refractivity contribution in [1.82, 2.24) is 4.72 Å². The molecule has 0 saturated heterocycles. The topological polar surface area (TPSA) is 81.4 Å². The largest absolute Gasteiger partial charge is 0.399 e. The van der Waals surface area contributed by atoms with Crippen molar-refractivity contribution in [3.8, 4) is 0 Å². The van der Waals surface area contributed by atoms with Gasteiger partial charge in [0.15, 0.2) is 0 Å². The molecule has 1 aromatic carbocycles. The van der Waals surface area contributed by atoms with Crippen molar-refractivity contribution in [3.05, 3.63) is 23.5 Å². The van der Waals surface area contributed by atoms with Gasteiger partial charge in [0.1, 0.15) is 10.7 Å². The van der Waals surface area contributed by atoms with E-state index in [1.807, 2.05) is 0 Å². The molecule has 3 N–H and O–H groups in total. The average Bonchev–Trinajstić information content (AvgIpc) is 2.29. The molecule has 0 aliphatic carbocycles. The fourth-order valence-electron chi connectivity index (χ4n) is 1.43. The van der Waals surface area contributed by atoms with Gasteiger partial charge in [-0.3, -0.25) is 0 Å². The predicted octanol–water partition coefficient (Wildman–Crippen LogP) is 1.03. The second-order valence-corrected chi connectivity index (χ2v) is 5.48. The first kappa shape index (κ1) is 14.9. The summed E-state index contributed by atoms with van der Waals surface area (Å²) in [5, 5.41) is 0. The smallest absolute Gasteiger partial charge is 0.243 e. The molecule has 0 spiro atoms. The van der Waals surface area contributed by atoms with E-state index in [-0.39, 0.29) is 24.4 Å². The number of aryl methyl sites for hydroxylation is 1. The lowest BCUT2D eigenvalue weighted by atomic mass is 10.2. The van der Waals surface area contributed by atoms with Gasteiger partial charge >= 0.3 is 0 Å². The SMILES string of the molecule is CCOCCNS(=O)(=O)c1cc(N)cc(C)c1F. The number of hydrogen-bond acceptors (Lipinski definition) is 4. The lowest BCUT2D eigenvalue weighted by Crippen LogP contribution is -2.28. The third kappa shape index (κ3) is 3.66. The minimum absolute atomic E-state index is 0.0868. The highest BCUT2D eigenvalue weighted by Crippen LogP contribution is 2.21. The van der Waals surface area contributed by atoms with Crippen LogP contribution in [-0.4, -0.2) is 28.2 Å². The number of anilines is 1. The number of sulfonamides is 1. The molecule has 0 fully saturated rings. The van der Waals surface area contributed by atoms with E-state index in [1.165, 1.54) is 13.0 Å². The summed E-state index contributed by atoms with van der Waals surface area (Å²) in [5.41, 5.74) is 5.92. The van der Waals surface area contributed by atoms with Gasteiger partial charge in [-0.2, -0.15) is 0 Å². The molecule has 18 heavy (non-hydrogen) atoms. The van der Waals surface area contributed by atoms with E-state index in [0.29, 0.717) is 6.61 Å². The summed E-state index contributed by atoms with van der Waals surface area (Å²) in [6.45, 7) is 4.08. The van der Waals surface area contributed by atoms with Gasteiger partial charge < -0.3 is 10.5 Å². The van der Waals surface area contributed by atoms with Crippen molar-refractivity contribution in [2.45, 2.75) is 18.7 Å². The van der Waals surface area contributed by atoms with Crippen LogP contribution >= 0.6 is 0 Å². The van der Waals surface area contributed by atoms with Gasteiger partial charge in [-0.05, 0) is 31.5 Å². The Labute approximate surface area is 106 Å². The third-order valence-electron chi connectivity index (χ3n) is 2.28. The molecule has 0 aliphatic heterocycles. The Morgan fingerprint density at radius 3 is 2.72 bits per heavy atom. The lowest BCUT2D eigenvalue weighted by Gasteiger charge is -2.10. The Hall–Kier alpha value is -1.18. The standard InChI is InChI=1S/C11H17FN2O3S/c1-3-17-5-4-14-18(15,16)10-7-9(13)6-8(2)11(10)12/h6-7,14H,3-5,13H2,1-2H3. The summed E-state index contributed by atoms with van der Waals surface area (Å²) in [6.07, 6.45) is 0. The molecule has 0 unspecified atom stereocenters. The monoisotopic (exact) mass is 276 g/mol. The molecule has 0 amide bonds. The summed E-state index contributed by atoms with van der Waals surface area (Å²) in [6, 6.07) is 2.49. The van der Waals surface area contributed by atoms with Gasteiger partial charge in [-0.1, -0.05) is 0 Å². The summed E-state index contributed by atoms with van der Waals surface area (Å²) < 4.78 is 44.7. The number of nitrogen functional groups attached to an aromatic ring is 1. The van der Waals surface area contributed by atoms with Crippen LogP contribution in [-0.2, 0) is 14.8 Å². The van der Waals surface area contributed by atoms with E-state index in [2.05, 4.69) is 4.72 Å². The summed E-state index contributed by atoms with van der Waals surface area (Å²) >= 11 is 0. The van der Waals surface area contributed by atoms with Crippen LogP contribution in [0.25, 0.3) is 0 Å².